The molecule has 0 amide bonds. The second kappa shape index (κ2) is 7.59. The van der Waals surface area contributed by atoms with Crippen LogP contribution in [0.4, 0.5) is 0 Å². The van der Waals surface area contributed by atoms with Crippen molar-refractivity contribution in [3.8, 4) is 0 Å². The van der Waals surface area contributed by atoms with Crippen molar-refractivity contribution in [2.24, 2.45) is 0 Å². The van der Waals surface area contributed by atoms with E-state index in [1.54, 1.807) is 0 Å². The molecule has 0 aliphatic carbocycles. The van der Waals surface area contributed by atoms with Crippen molar-refractivity contribution in [1.82, 2.24) is 10.2 Å². The van der Waals surface area contributed by atoms with E-state index in [4.69, 9.17) is 16.3 Å². The maximum atomic E-state index is 6.34. The summed E-state index contributed by atoms with van der Waals surface area (Å²) in [5.74, 6) is 0. The highest BCUT2D eigenvalue weighted by atomic mass is 35.5. The summed E-state index contributed by atoms with van der Waals surface area (Å²) >= 11 is 6.34. The highest BCUT2D eigenvalue weighted by Crippen LogP contribution is 2.25. The first kappa shape index (κ1) is 16.8. The summed E-state index contributed by atoms with van der Waals surface area (Å²) in [6.45, 7) is 11.4. The van der Waals surface area contributed by atoms with E-state index in [0.29, 0.717) is 6.04 Å². The van der Waals surface area contributed by atoms with Crippen LogP contribution in [0.2, 0.25) is 5.02 Å². The Kier molecular flexibility index (Phi) is 6.06. The van der Waals surface area contributed by atoms with E-state index in [-0.39, 0.29) is 5.54 Å². The van der Waals surface area contributed by atoms with Gasteiger partial charge in [-0.25, -0.2) is 0 Å². The average molecular weight is 311 g/mol. The Morgan fingerprint density at radius 2 is 1.95 bits per heavy atom. The molecule has 4 heteroatoms. The van der Waals surface area contributed by atoms with Crippen LogP contribution in [0, 0.1) is 0 Å². The lowest BCUT2D eigenvalue weighted by Gasteiger charge is -2.46. The standard InChI is InChI=1S/C17H27ClN2O/c1-4-19-16(13-14-7-5-6-8-15(14)18)17(2,3)20-9-11-21-12-10-20/h5-8,16,19H,4,9-13H2,1-3H3. The van der Waals surface area contributed by atoms with Gasteiger partial charge < -0.3 is 10.1 Å². The van der Waals surface area contributed by atoms with E-state index >= 15 is 0 Å². The van der Waals surface area contributed by atoms with Crippen LogP contribution in [0.15, 0.2) is 24.3 Å². The Labute approximate surface area is 133 Å². The number of ether oxygens (including phenoxy) is 1. The Bertz CT molecular complexity index is 444. The number of rotatable bonds is 6. The summed E-state index contributed by atoms with van der Waals surface area (Å²) in [5.41, 5.74) is 1.28. The molecule has 1 aromatic carbocycles. The maximum Gasteiger partial charge on any atom is 0.0594 e. The topological polar surface area (TPSA) is 24.5 Å². The Hall–Kier alpha value is -0.610. The van der Waals surface area contributed by atoms with Crippen molar-refractivity contribution in [2.45, 2.75) is 38.8 Å². The second-order valence-corrected chi connectivity index (χ2v) is 6.57. The minimum Gasteiger partial charge on any atom is -0.379 e. The molecule has 1 aliphatic rings. The number of hydrogen-bond donors (Lipinski definition) is 1. The molecular formula is C17H27ClN2O. The minimum atomic E-state index is 0.0684. The zero-order valence-electron chi connectivity index (χ0n) is 13.4. The highest BCUT2D eigenvalue weighted by Gasteiger charge is 2.35. The second-order valence-electron chi connectivity index (χ2n) is 6.16. The van der Waals surface area contributed by atoms with Crippen molar-refractivity contribution in [3.63, 3.8) is 0 Å². The Morgan fingerprint density at radius 1 is 1.29 bits per heavy atom. The molecule has 1 fully saturated rings. The third-order valence-corrected chi connectivity index (χ3v) is 4.88. The van der Waals surface area contributed by atoms with Gasteiger partial charge in [-0.2, -0.15) is 0 Å². The SMILES string of the molecule is CCNC(Cc1ccccc1Cl)C(C)(C)N1CCOCC1. The summed E-state index contributed by atoms with van der Waals surface area (Å²) in [4.78, 5) is 2.53. The van der Waals surface area contributed by atoms with Crippen LogP contribution in [0.3, 0.4) is 0 Å². The average Bonchev–Trinajstić information content (AvgIpc) is 2.50. The summed E-state index contributed by atoms with van der Waals surface area (Å²) < 4.78 is 5.49. The number of hydrogen-bond acceptors (Lipinski definition) is 3. The van der Waals surface area contributed by atoms with Gasteiger partial charge in [0.25, 0.3) is 0 Å². The Morgan fingerprint density at radius 3 is 2.57 bits per heavy atom. The van der Waals surface area contributed by atoms with Crippen LogP contribution in [0.5, 0.6) is 0 Å². The Balaban J connectivity index is 2.15. The molecule has 1 unspecified atom stereocenters. The van der Waals surface area contributed by atoms with Gasteiger partial charge in [0.05, 0.1) is 13.2 Å². The fourth-order valence-corrected chi connectivity index (χ4v) is 3.27. The normalized spacial score (nSPS) is 18.7. The van der Waals surface area contributed by atoms with Crippen molar-refractivity contribution in [2.75, 3.05) is 32.8 Å². The smallest absolute Gasteiger partial charge is 0.0594 e. The van der Waals surface area contributed by atoms with Crippen molar-refractivity contribution < 1.29 is 4.74 Å². The van der Waals surface area contributed by atoms with Crippen molar-refractivity contribution >= 4 is 11.6 Å². The highest BCUT2D eigenvalue weighted by molar-refractivity contribution is 6.31. The van der Waals surface area contributed by atoms with E-state index in [1.165, 1.54) is 5.56 Å². The molecule has 0 saturated carbocycles. The summed E-state index contributed by atoms with van der Waals surface area (Å²) in [5, 5.41) is 4.51. The lowest BCUT2D eigenvalue weighted by Crippen LogP contribution is -2.61. The molecule has 1 aromatic rings. The number of morpholine rings is 1. The van der Waals surface area contributed by atoms with Gasteiger partial charge in [0.15, 0.2) is 0 Å². The number of likely N-dealkylation sites (N-methyl/N-ethyl adjacent to an activating group) is 1. The number of nitrogens with one attached hydrogen (secondary N) is 1. The van der Waals surface area contributed by atoms with Crippen LogP contribution in [-0.2, 0) is 11.2 Å². The summed E-state index contributed by atoms with van der Waals surface area (Å²) in [6, 6.07) is 8.51. The van der Waals surface area contributed by atoms with Gasteiger partial charge >= 0.3 is 0 Å². The summed E-state index contributed by atoms with van der Waals surface area (Å²) in [6.07, 6.45) is 0.942. The zero-order valence-corrected chi connectivity index (χ0v) is 14.1. The first-order valence-electron chi connectivity index (χ1n) is 7.85. The molecular weight excluding hydrogens is 284 g/mol. The van der Waals surface area contributed by atoms with Crippen LogP contribution in [0.1, 0.15) is 26.3 Å². The van der Waals surface area contributed by atoms with Crippen molar-refractivity contribution in [1.29, 1.82) is 0 Å². The molecule has 1 atom stereocenters. The van der Waals surface area contributed by atoms with Crippen LogP contribution < -0.4 is 5.32 Å². The van der Waals surface area contributed by atoms with Gasteiger partial charge in [0, 0.05) is 29.7 Å². The molecule has 0 spiro atoms. The molecule has 1 saturated heterocycles. The third kappa shape index (κ3) is 4.19. The van der Waals surface area contributed by atoms with E-state index in [0.717, 1.165) is 44.3 Å². The minimum absolute atomic E-state index is 0.0684. The molecule has 1 heterocycles. The van der Waals surface area contributed by atoms with Crippen LogP contribution in [0.25, 0.3) is 0 Å². The van der Waals surface area contributed by atoms with Crippen LogP contribution in [-0.4, -0.2) is 49.3 Å². The van der Waals surface area contributed by atoms with E-state index < -0.39 is 0 Å². The number of nitrogens with zero attached hydrogens (tertiary/aromatic N) is 1. The van der Waals surface area contributed by atoms with Gasteiger partial charge in [0.1, 0.15) is 0 Å². The lowest BCUT2D eigenvalue weighted by atomic mass is 9.87. The first-order chi connectivity index (χ1) is 10.1. The summed E-state index contributed by atoms with van der Waals surface area (Å²) in [7, 11) is 0. The lowest BCUT2D eigenvalue weighted by molar-refractivity contribution is -0.0230. The van der Waals surface area contributed by atoms with Gasteiger partial charge in [-0.05, 0) is 38.4 Å². The molecule has 1 N–H and O–H groups in total. The monoisotopic (exact) mass is 310 g/mol. The largest absolute Gasteiger partial charge is 0.379 e. The molecule has 0 bridgehead atoms. The zero-order chi connectivity index (χ0) is 15.3. The first-order valence-corrected chi connectivity index (χ1v) is 8.23. The maximum absolute atomic E-state index is 6.34. The molecule has 1 aliphatic heterocycles. The van der Waals surface area contributed by atoms with Gasteiger partial charge in [-0.3, -0.25) is 4.90 Å². The van der Waals surface area contributed by atoms with Gasteiger partial charge in [-0.1, -0.05) is 36.7 Å². The predicted molar refractivity (Wildman–Crippen MR) is 89.1 cm³/mol. The number of halogens is 1. The molecule has 0 aromatic heterocycles. The predicted octanol–water partition coefficient (Wildman–Crippen LogP) is 2.97. The van der Waals surface area contributed by atoms with Crippen molar-refractivity contribution in [3.05, 3.63) is 34.9 Å². The van der Waals surface area contributed by atoms with Crippen LogP contribution >= 0.6 is 11.6 Å². The molecule has 0 radical (unpaired) electrons. The fraction of sp³-hybridized carbons (Fsp3) is 0.647. The fourth-order valence-electron chi connectivity index (χ4n) is 3.06. The third-order valence-electron chi connectivity index (χ3n) is 4.51. The van der Waals surface area contributed by atoms with Gasteiger partial charge in [-0.15, -0.1) is 0 Å². The van der Waals surface area contributed by atoms with E-state index in [1.807, 2.05) is 12.1 Å². The molecule has 2 rings (SSSR count). The van der Waals surface area contributed by atoms with Gasteiger partial charge in [0.2, 0.25) is 0 Å². The van der Waals surface area contributed by atoms with E-state index in [2.05, 4.69) is 43.1 Å². The van der Waals surface area contributed by atoms with E-state index in [9.17, 15) is 0 Å². The molecule has 3 nitrogen and oxygen atoms in total. The molecule has 21 heavy (non-hydrogen) atoms. The molecule has 118 valence electrons. The number of benzene rings is 1. The quantitative estimate of drug-likeness (QED) is 0.874.